The van der Waals surface area contributed by atoms with Gasteiger partial charge < -0.3 is 21.1 Å². The number of benzene rings is 3. The minimum Gasteiger partial charge on any atom is -0.592 e. The molecule has 0 spiro atoms. The van der Waals surface area contributed by atoms with E-state index in [9.17, 15) is 31.0 Å². The molecule has 263 valence electrons. The quantitative estimate of drug-likeness (QED) is 0.0158. The van der Waals surface area contributed by atoms with Gasteiger partial charge in [0.05, 0.1) is 50.7 Å². The van der Waals surface area contributed by atoms with Gasteiger partial charge in [-0.05, 0) is 47.3 Å². The molecule has 0 aliphatic heterocycles. The van der Waals surface area contributed by atoms with Crippen molar-refractivity contribution in [3.05, 3.63) is 48.8 Å². The second kappa shape index (κ2) is 15.9. The zero-order valence-corrected chi connectivity index (χ0v) is 28.1. The Labute approximate surface area is 293 Å². The maximum absolute atomic E-state index is 12.4. The van der Waals surface area contributed by atoms with Crippen molar-refractivity contribution >= 4 is 99.2 Å². The summed E-state index contributed by atoms with van der Waals surface area (Å²) in [5.74, 6) is -1.56. The smallest absolute Gasteiger partial charge is 0.300 e. The molecule has 5 rings (SSSR count). The molecule has 0 atom stereocenters. The predicted octanol–water partition coefficient (Wildman–Crippen LogP) is 5.41. The average Bonchev–Trinajstić information content (AvgIpc) is 3.40. The number of azo groups is 2. The fourth-order valence-corrected chi connectivity index (χ4v) is 6.18. The number of carboxylic acid groups (broad SMARTS) is 1. The summed E-state index contributed by atoms with van der Waals surface area (Å²) in [6.45, 7) is 1.08. The second-order valence-electron chi connectivity index (χ2n) is 8.96. The first kappa shape index (κ1) is 39.0. The van der Waals surface area contributed by atoms with Gasteiger partial charge in [-0.3, -0.25) is 18.9 Å². The third-order valence-electron chi connectivity index (χ3n) is 5.77. The Hall–Kier alpha value is -4.40. The number of nitrogens with zero attached hydrogens (tertiary/aromatic N) is 6. The SMILES string of the molecule is CC(=O)O.Nc1c(N=Nc2snc3ccc(S(=O)(=O)O)cc23)c(S(=O)(=O)O)cc2cc(SOOO)c(N=Nc3cnccc3[OH2+])c(O)c12.[Cu]. The summed E-state index contributed by atoms with van der Waals surface area (Å²) < 4.78 is 75.9. The number of aromatic nitrogens is 2. The normalized spacial score (nSPS) is 11.9. The van der Waals surface area contributed by atoms with Crippen molar-refractivity contribution in [2.75, 3.05) is 5.73 Å². The van der Waals surface area contributed by atoms with Crippen LogP contribution >= 0.6 is 23.6 Å². The van der Waals surface area contributed by atoms with Gasteiger partial charge in [-0.2, -0.15) is 21.2 Å². The van der Waals surface area contributed by atoms with Gasteiger partial charge in [-0.15, -0.1) is 24.8 Å². The molecule has 3 aromatic carbocycles. The van der Waals surface area contributed by atoms with Crippen molar-refractivity contribution in [1.29, 1.82) is 0 Å². The summed E-state index contributed by atoms with van der Waals surface area (Å²) >= 11 is 1.10. The monoisotopic (exact) mass is 805 g/mol. The fourth-order valence-electron chi connectivity index (χ4n) is 3.83. The summed E-state index contributed by atoms with van der Waals surface area (Å²) in [5.41, 5.74) is 5.16. The van der Waals surface area contributed by atoms with E-state index in [-0.39, 0.29) is 65.8 Å². The standard InChI is InChI=1S/C22H15N7O11S4.C2H4O2.Cu/c23-18-17-9(5-15(42-40-39-32)19(21(17)31)26-25-13-8-24-4-3-14(13)30)6-16(44(36,37)38)20(18)27-28-22-11-7-10(43(33,34)35)1-2-12(11)29-41-22;1-2(3)4;/h1-8,31-32H,23H2,(H,24,30)(H,33,34,35)(H,36,37,38);1H3,(H,3,4);/p+1. The van der Waals surface area contributed by atoms with Gasteiger partial charge in [-0.1, -0.05) is 5.04 Å². The van der Waals surface area contributed by atoms with Crippen molar-refractivity contribution in [1.82, 2.24) is 9.36 Å². The molecule has 0 aliphatic rings. The molecular formula is C24H20CuN7O13S4+. The molecule has 0 unspecified atom stereocenters. The van der Waals surface area contributed by atoms with Gasteiger partial charge in [-0.25, -0.2) is 5.26 Å². The van der Waals surface area contributed by atoms with Crippen LogP contribution in [0.1, 0.15) is 6.92 Å². The van der Waals surface area contributed by atoms with Crippen LogP contribution in [0.15, 0.2) is 83.9 Å². The number of anilines is 1. The van der Waals surface area contributed by atoms with Crippen LogP contribution in [0.4, 0.5) is 27.8 Å². The van der Waals surface area contributed by atoms with E-state index in [2.05, 4.69) is 39.2 Å². The first-order chi connectivity index (χ1) is 22.5. The second-order valence-corrected chi connectivity index (χ2v) is 13.3. The fraction of sp³-hybridized carbons (Fsp3) is 0.0417. The number of carbonyl (C=O) groups is 1. The zero-order valence-electron chi connectivity index (χ0n) is 23.9. The third kappa shape index (κ3) is 9.19. The Balaban J connectivity index is 0.00000123. The Morgan fingerprint density at radius 1 is 1.02 bits per heavy atom. The van der Waals surface area contributed by atoms with Gasteiger partial charge in [0.1, 0.15) is 16.3 Å². The van der Waals surface area contributed by atoms with Crippen LogP contribution in [-0.2, 0) is 51.5 Å². The zero-order chi connectivity index (χ0) is 35.4. The van der Waals surface area contributed by atoms with Crippen LogP contribution in [0, 0.1) is 0 Å². The Bertz CT molecular complexity index is 2330. The topological polar surface area (TPSA) is 329 Å². The summed E-state index contributed by atoms with van der Waals surface area (Å²) in [7, 11) is -9.60. The van der Waals surface area contributed by atoms with Gasteiger partial charge in [0.2, 0.25) is 0 Å². The largest absolute Gasteiger partial charge is 0.592 e. The summed E-state index contributed by atoms with van der Waals surface area (Å²) in [6.07, 6.45) is 2.59. The summed E-state index contributed by atoms with van der Waals surface area (Å²) in [4.78, 5) is 11.5. The number of hydrogen-bond acceptors (Lipinski definition) is 18. The van der Waals surface area contributed by atoms with Crippen molar-refractivity contribution in [2.24, 2.45) is 20.5 Å². The number of fused-ring (bicyclic) bond motifs is 2. The van der Waals surface area contributed by atoms with Gasteiger partial charge >= 0.3 is 0 Å². The number of nitrogens with two attached hydrogens (primary N) is 1. The molecule has 20 nitrogen and oxygen atoms in total. The van der Waals surface area contributed by atoms with E-state index in [0.29, 0.717) is 12.0 Å². The molecule has 2 heterocycles. The van der Waals surface area contributed by atoms with Crippen molar-refractivity contribution in [3.8, 4) is 11.5 Å². The van der Waals surface area contributed by atoms with Crippen LogP contribution in [0.3, 0.4) is 0 Å². The van der Waals surface area contributed by atoms with Crippen molar-refractivity contribution in [3.63, 3.8) is 0 Å². The number of pyridine rings is 1. The molecule has 49 heavy (non-hydrogen) atoms. The van der Waals surface area contributed by atoms with Gasteiger partial charge in [0, 0.05) is 35.6 Å². The summed E-state index contributed by atoms with van der Waals surface area (Å²) in [5, 5.41) is 54.4. The minimum atomic E-state index is -5.02. The maximum atomic E-state index is 12.4. The number of phenols is 1. The van der Waals surface area contributed by atoms with E-state index in [1.54, 1.807) is 0 Å². The van der Waals surface area contributed by atoms with Gasteiger partial charge in [0.25, 0.3) is 32.0 Å². The molecule has 25 heteroatoms. The third-order valence-corrected chi connectivity index (χ3v) is 8.87. The number of nitrogen functional groups attached to an aromatic ring is 1. The Kier molecular flexibility index (Phi) is 12.6. The molecule has 0 bridgehead atoms. The van der Waals surface area contributed by atoms with E-state index < -0.39 is 53.1 Å². The molecule has 0 saturated heterocycles. The predicted molar refractivity (Wildman–Crippen MR) is 169 cm³/mol. The molecular weight excluding hydrogens is 786 g/mol. The first-order valence-electron chi connectivity index (χ1n) is 12.3. The van der Waals surface area contributed by atoms with E-state index in [4.69, 9.17) is 26.0 Å². The van der Waals surface area contributed by atoms with Crippen LogP contribution < -0.4 is 5.73 Å². The van der Waals surface area contributed by atoms with Crippen molar-refractivity contribution < 1.29 is 77.8 Å². The number of aliphatic carboxylic acids is 1. The number of phenolic OH excluding ortho intramolecular Hbond substituents is 1. The molecule has 0 saturated carbocycles. The molecule has 9 N–H and O–H groups in total. The Morgan fingerprint density at radius 2 is 1.69 bits per heavy atom. The van der Waals surface area contributed by atoms with Crippen molar-refractivity contribution in [2.45, 2.75) is 21.6 Å². The molecule has 2 aromatic heterocycles. The Morgan fingerprint density at radius 3 is 2.31 bits per heavy atom. The number of hydrogen-bond donors (Lipinski definition) is 6. The average molecular weight is 806 g/mol. The maximum Gasteiger partial charge on any atom is 0.300 e. The minimum absolute atomic E-state index is 0. The van der Waals surface area contributed by atoms with E-state index in [1.165, 1.54) is 30.6 Å². The molecule has 5 aromatic rings. The van der Waals surface area contributed by atoms with Crippen LogP contribution in [0.5, 0.6) is 11.5 Å². The molecule has 0 fully saturated rings. The summed E-state index contributed by atoms with van der Waals surface area (Å²) in [6, 6.07) is 7.00. The van der Waals surface area contributed by atoms with E-state index in [0.717, 1.165) is 36.7 Å². The number of aromatic hydroxyl groups is 1. The van der Waals surface area contributed by atoms with Gasteiger partial charge in [0.15, 0.2) is 16.4 Å². The van der Waals surface area contributed by atoms with Crippen LogP contribution in [0.25, 0.3) is 21.7 Å². The van der Waals surface area contributed by atoms with Crippen LogP contribution in [0.2, 0.25) is 0 Å². The molecule has 0 amide bonds. The number of rotatable bonds is 9. The van der Waals surface area contributed by atoms with E-state index in [1.807, 2.05) is 0 Å². The number of carboxylic acids is 1. The molecule has 1 radical (unpaired) electrons. The molecule has 0 aliphatic carbocycles. The van der Waals surface area contributed by atoms with Crippen LogP contribution in [-0.4, -0.2) is 61.8 Å². The first-order valence-corrected chi connectivity index (χ1v) is 16.7. The van der Waals surface area contributed by atoms with E-state index >= 15 is 0 Å².